The predicted molar refractivity (Wildman–Crippen MR) is 80.2 cm³/mol. The molecular formula is C16H25NO2. The molecule has 0 aromatic heterocycles. The minimum Gasteiger partial charge on any atom is -0.493 e. The van der Waals surface area contributed by atoms with Crippen LogP contribution in [0.5, 0.6) is 11.5 Å². The molecule has 0 atom stereocenters. The summed E-state index contributed by atoms with van der Waals surface area (Å²) in [5, 5.41) is 0. The van der Waals surface area contributed by atoms with Crippen molar-refractivity contribution in [1.29, 1.82) is 0 Å². The monoisotopic (exact) mass is 263 g/mol. The Hall–Kier alpha value is -1.48. The zero-order chi connectivity index (χ0) is 14.1. The Balaban J connectivity index is 2.71. The Kier molecular flexibility index (Phi) is 7.04. The van der Waals surface area contributed by atoms with Crippen LogP contribution < -0.4 is 9.47 Å². The van der Waals surface area contributed by atoms with Crippen LogP contribution in [0.15, 0.2) is 30.9 Å². The van der Waals surface area contributed by atoms with Crippen molar-refractivity contribution in [2.45, 2.75) is 20.3 Å². The summed E-state index contributed by atoms with van der Waals surface area (Å²) in [7, 11) is 1.67. The molecule has 0 N–H and O–H groups in total. The third kappa shape index (κ3) is 4.60. The molecule has 3 heteroatoms. The smallest absolute Gasteiger partial charge is 0.164 e. The molecule has 1 rings (SSSR count). The zero-order valence-electron chi connectivity index (χ0n) is 12.3. The Labute approximate surface area is 116 Å². The third-order valence-corrected chi connectivity index (χ3v) is 3.19. The molecule has 0 saturated heterocycles. The number of hydrogen-bond donors (Lipinski definition) is 0. The van der Waals surface area contributed by atoms with E-state index < -0.39 is 0 Å². The van der Waals surface area contributed by atoms with Gasteiger partial charge in [0, 0.05) is 12.1 Å². The molecule has 0 radical (unpaired) electrons. The lowest BCUT2D eigenvalue weighted by atomic mass is 10.1. The van der Waals surface area contributed by atoms with Gasteiger partial charge in [-0.15, -0.1) is 6.58 Å². The van der Waals surface area contributed by atoms with Gasteiger partial charge >= 0.3 is 0 Å². The fourth-order valence-electron chi connectivity index (χ4n) is 2.02. The van der Waals surface area contributed by atoms with Gasteiger partial charge in [-0.05, 0) is 25.6 Å². The van der Waals surface area contributed by atoms with Crippen LogP contribution in [-0.4, -0.2) is 38.3 Å². The molecule has 106 valence electrons. The third-order valence-electron chi connectivity index (χ3n) is 3.19. The molecule has 3 nitrogen and oxygen atoms in total. The number of para-hydroxylation sites is 1. The highest BCUT2D eigenvalue weighted by atomic mass is 16.5. The average molecular weight is 263 g/mol. The lowest BCUT2D eigenvalue weighted by Crippen LogP contribution is -2.28. The molecule has 0 aliphatic heterocycles. The molecular weight excluding hydrogens is 238 g/mol. The molecule has 1 aromatic rings. The Bertz CT molecular complexity index is 386. The van der Waals surface area contributed by atoms with Crippen molar-refractivity contribution in [3.63, 3.8) is 0 Å². The number of likely N-dealkylation sites (N-methyl/N-ethyl adjacent to an activating group) is 1. The molecule has 0 aliphatic carbocycles. The first-order valence-electron chi connectivity index (χ1n) is 6.88. The van der Waals surface area contributed by atoms with Crippen LogP contribution in [0.25, 0.3) is 0 Å². The molecule has 0 heterocycles. The summed E-state index contributed by atoms with van der Waals surface area (Å²) < 4.78 is 11.3. The summed E-state index contributed by atoms with van der Waals surface area (Å²) in [6, 6.07) is 5.96. The Morgan fingerprint density at radius 2 is 2.00 bits per heavy atom. The van der Waals surface area contributed by atoms with Crippen LogP contribution in [0.1, 0.15) is 19.4 Å². The van der Waals surface area contributed by atoms with Crippen LogP contribution in [0, 0.1) is 0 Å². The summed E-state index contributed by atoms with van der Waals surface area (Å²) in [4.78, 5) is 2.34. The van der Waals surface area contributed by atoms with Gasteiger partial charge in [-0.3, -0.25) is 0 Å². The van der Waals surface area contributed by atoms with E-state index in [0.717, 1.165) is 43.1 Å². The van der Waals surface area contributed by atoms with E-state index in [1.54, 1.807) is 7.11 Å². The van der Waals surface area contributed by atoms with E-state index in [1.165, 1.54) is 0 Å². The number of rotatable bonds is 9. The normalized spacial score (nSPS) is 10.5. The second-order valence-corrected chi connectivity index (χ2v) is 4.32. The predicted octanol–water partition coefficient (Wildman–Crippen LogP) is 3.14. The summed E-state index contributed by atoms with van der Waals surface area (Å²) in [6.07, 6.45) is 2.67. The van der Waals surface area contributed by atoms with Crippen molar-refractivity contribution < 1.29 is 9.47 Å². The summed E-state index contributed by atoms with van der Waals surface area (Å²) in [5.74, 6) is 1.64. The van der Waals surface area contributed by atoms with Crippen molar-refractivity contribution in [3.05, 3.63) is 36.4 Å². The Morgan fingerprint density at radius 3 is 2.58 bits per heavy atom. The highest BCUT2D eigenvalue weighted by molar-refractivity contribution is 5.47. The highest BCUT2D eigenvalue weighted by Crippen LogP contribution is 2.31. The topological polar surface area (TPSA) is 21.7 Å². The van der Waals surface area contributed by atoms with Crippen molar-refractivity contribution in [3.8, 4) is 11.5 Å². The number of hydrogen-bond acceptors (Lipinski definition) is 3. The summed E-state index contributed by atoms with van der Waals surface area (Å²) in [6.45, 7) is 11.8. The second kappa shape index (κ2) is 8.59. The SMILES string of the molecule is C=CCc1cccc(OC)c1OCCN(CC)CC. The number of benzene rings is 1. The maximum Gasteiger partial charge on any atom is 0.164 e. The number of methoxy groups -OCH3 is 1. The van der Waals surface area contributed by atoms with E-state index in [-0.39, 0.29) is 0 Å². The Morgan fingerprint density at radius 1 is 1.26 bits per heavy atom. The zero-order valence-corrected chi connectivity index (χ0v) is 12.3. The molecule has 1 aromatic carbocycles. The minimum atomic E-state index is 0.673. The fourth-order valence-corrected chi connectivity index (χ4v) is 2.02. The fraction of sp³-hybridized carbons (Fsp3) is 0.500. The van der Waals surface area contributed by atoms with Gasteiger partial charge in [-0.1, -0.05) is 32.1 Å². The maximum absolute atomic E-state index is 5.93. The number of allylic oxidation sites excluding steroid dienone is 1. The molecule has 0 unspecified atom stereocenters. The van der Waals surface area contributed by atoms with Gasteiger partial charge in [-0.2, -0.15) is 0 Å². The van der Waals surface area contributed by atoms with E-state index in [0.29, 0.717) is 6.61 Å². The van der Waals surface area contributed by atoms with Crippen LogP contribution >= 0.6 is 0 Å². The van der Waals surface area contributed by atoms with E-state index in [2.05, 4.69) is 31.4 Å². The van der Waals surface area contributed by atoms with Gasteiger partial charge < -0.3 is 14.4 Å². The quantitative estimate of drug-likeness (QED) is 0.639. The van der Waals surface area contributed by atoms with Gasteiger partial charge in [0.25, 0.3) is 0 Å². The number of ether oxygens (including phenoxy) is 2. The van der Waals surface area contributed by atoms with Crippen molar-refractivity contribution in [1.82, 2.24) is 4.90 Å². The largest absolute Gasteiger partial charge is 0.493 e. The molecule has 0 saturated carbocycles. The highest BCUT2D eigenvalue weighted by Gasteiger charge is 2.10. The van der Waals surface area contributed by atoms with E-state index in [9.17, 15) is 0 Å². The number of nitrogens with zero attached hydrogens (tertiary/aromatic N) is 1. The van der Waals surface area contributed by atoms with Gasteiger partial charge in [0.2, 0.25) is 0 Å². The molecule has 0 fully saturated rings. The summed E-state index contributed by atoms with van der Waals surface area (Å²) in [5.41, 5.74) is 1.12. The molecule has 0 spiro atoms. The first-order chi connectivity index (χ1) is 9.26. The van der Waals surface area contributed by atoms with Crippen LogP contribution in [0.3, 0.4) is 0 Å². The standard InChI is InChI=1S/C16H25NO2/c1-5-9-14-10-8-11-15(18-4)16(14)19-13-12-17(6-2)7-3/h5,8,10-11H,1,6-7,9,12-13H2,2-4H3. The van der Waals surface area contributed by atoms with Crippen LogP contribution in [-0.2, 0) is 6.42 Å². The van der Waals surface area contributed by atoms with Gasteiger partial charge in [0.05, 0.1) is 7.11 Å². The maximum atomic E-state index is 5.93. The average Bonchev–Trinajstić information content (AvgIpc) is 2.45. The first kappa shape index (κ1) is 15.6. The van der Waals surface area contributed by atoms with Gasteiger partial charge in [-0.25, -0.2) is 0 Å². The molecule has 0 bridgehead atoms. The first-order valence-corrected chi connectivity index (χ1v) is 6.88. The molecule has 0 aliphatic rings. The van der Waals surface area contributed by atoms with E-state index in [4.69, 9.17) is 9.47 Å². The lowest BCUT2D eigenvalue weighted by molar-refractivity contribution is 0.216. The molecule has 19 heavy (non-hydrogen) atoms. The van der Waals surface area contributed by atoms with Crippen LogP contribution in [0.4, 0.5) is 0 Å². The second-order valence-electron chi connectivity index (χ2n) is 4.32. The van der Waals surface area contributed by atoms with Crippen LogP contribution in [0.2, 0.25) is 0 Å². The van der Waals surface area contributed by atoms with Crippen molar-refractivity contribution in [2.75, 3.05) is 33.4 Å². The molecule has 0 amide bonds. The lowest BCUT2D eigenvalue weighted by Gasteiger charge is -2.19. The van der Waals surface area contributed by atoms with Gasteiger partial charge in [0.1, 0.15) is 6.61 Å². The van der Waals surface area contributed by atoms with Crippen molar-refractivity contribution in [2.24, 2.45) is 0 Å². The van der Waals surface area contributed by atoms with Gasteiger partial charge in [0.15, 0.2) is 11.5 Å². The minimum absolute atomic E-state index is 0.673. The van der Waals surface area contributed by atoms with E-state index in [1.807, 2.05) is 18.2 Å². The van der Waals surface area contributed by atoms with Crippen molar-refractivity contribution >= 4 is 0 Å². The summed E-state index contributed by atoms with van der Waals surface area (Å²) >= 11 is 0. The van der Waals surface area contributed by atoms with E-state index >= 15 is 0 Å².